The first-order chi connectivity index (χ1) is 7.98. The second-order valence-electron chi connectivity index (χ2n) is 4.98. The summed E-state index contributed by atoms with van der Waals surface area (Å²) in [4.78, 5) is 11.6. The topological polar surface area (TPSA) is 26.3 Å². The number of ketones is 1. The minimum atomic E-state index is 0.0961. The number of hydrogen-bond donors (Lipinski definition) is 0. The zero-order chi connectivity index (χ0) is 13.1. The molecule has 2 rings (SSSR count). The molecule has 0 N–H and O–H groups in total. The molecule has 0 aromatic heterocycles. The Labute approximate surface area is 104 Å². The van der Waals surface area contributed by atoms with Gasteiger partial charge in [-0.3, -0.25) is 4.79 Å². The molecule has 2 nitrogen and oxygen atoms in total. The minimum absolute atomic E-state index is 0.0961. The van der Waals surface area contributed by atoms with Crippen molar-refractivity contribution in [2.45, 2.75) is 46.5 Å². The Morgan fingerprint density at radius 3 is 2.41 bits per heavy atom. The highest BCUT2D eigenvalue weighted by Gasteiger charge is 2.21. The third-order valence-electron chi connectivity index (χ3n) is 2.73. The van der Waals surface area contributed by atoms with Crippen LogP contribution in [0.2, 0.25) is 0 Å². The summed E-state index contributed by atoms with van der Waals surface area (Å²) in [5.74, 6) is 0.940. The number of fused-ring (bicyclic) bond motifs is 1. The molecule has 0 saturated carbocycles. The Hall–Kier alpha value is -1.31. The molecule has 0 amide bonds. The van der Waals surface area contributed by atoms with Crippen molar-refractivity contribution in [3.8, 4) is 5.75 Å². The molecule has 0 bridgehead atoms. The van der Waals surface area contributed by atoms with E-state index >= 15 is 0 Å². The van der Waals surface area contributed by atoms with E-state index in [-0.39, 0.29) is 11.2 Å². The molecule has 0 radical (unpaired) electrons. The van der Waals surface area contributed by atoms with Gasteiger partial charge in [-0.15, -0.1) is 0 Å². The van der Waals surface area contributed by atoms with Crippen LogP contribution < -0.4 is 4.74 Å². The predicted octanol–water partition coefficient (Wildman–Crippen LogP) is 3.98. The number of hydrogen-bond acceptors (Lipinski definition) is 2. The van der Waals surface area contributed by atoms with Crippen LogP contribution in [0, 0.1) is 0 Å². The van der Waals surface area contributed by atoms with E-state index < -0.39 is 0 Å². The molecule has 0 unspecified atom stereocenters. The van der Waals surface area contributed by atoms with Crippen molar-refractivity contribution in [1.82, 2.24) is 0 Å². The van der Waals surface area contributed by atoms with Crippen molar-refractivity contribution in [2.75, 3.05) is 6.61 Å². The van der Waals surface area contributed by atoms with Crippen LogP contribution in [0.3, 0.4) is 0 Å². The fourth-order valence-electron chi connectivity index (χ4n) is 1.73. The van der Waals surface area contributed by atoms with Crippen LogP contribution in [-0.4, -0.2) is 12.4 Å². The lowest BCUT2D eigenvalue weighted by molar-refractivity contribution is 0.0933. The van der Waals surface area contributed by atoms with Gasteiger partial charge in [-0.1, -0.05) is 40.7 Å². The molecular weight excluding hydrogens is 212 g/mol. The molecule has 17 heavy (non-hydrogen) atoms. The Bertz CT molecular complexity index is 400. The molecule has 0 saturated heterocycles. The number of carbonyl (C=O) groups is 1. The van der Waals surface area contributed by atoms with Crippen molar-refractivity contribution in [1.29, 1.82) is 0 Å². The lowest BCUT2D eigenvalue weighted by Gasteiger charge is -2.23. The van der Waals surface area contributed by atoms with Gasteiger partial charge in [-0.05, 0) is 23.1 Å². The standard InChI is InChI=1S/C13H16O2.C2H6/c1-13(2,3)9-4-5-10-11(14)6-7-15-12(10)8-9;1-2/h4-5,8H,6-7H2,1-3H3;1-2H3. The lowest BCUT2D eigenvalue weighted by Crippen LogP contribution is -2.17. The molecule has 0 atom stereocenters. The van der Waals surface area contributed by atoms with Crippen molar-refractivity contribution in [3.63, 3.8) is 0 Å². The molecule has 1 aliphatic heterocycles. The van der Waals surface area contributed by atoms with Crippen LogP contribution in [0.15, 0.2) is 18.2 Å². The molecule has 0 aliphatic carbocycles. The Morgan fingerprint density at radius 1 is 1.18 bits per heavy atom. The molecule has 94 valence electrons. The van der Waals surface area contributed by atoms with Gasteiger partial charge in [-0.2, -0.15) is 0 Å². The van der Waals surface area contributed by atoms with Gasteiger partial charge in [0.1, 0.15) is 5.75 Å². The molecule has 1 aliphatic rings. The monoisotopic (exact) mass is 234 g/mol. The van der Waals surface area contributed by atoms with E-state index in [9.17, 15) is 4.79 Å². The van der Waals surface area contributed by atoms with E-state index in [4.69, 9.17) is 4.74 Å². The Kier molecular flexibility index (Phi) is 4.33. The third-order valence-corrected chi connectivity index (χ3v) is 2.73. The molecule has 0 fully saturated rings. The van der Waals surface area contributed by atoms with Gasteiger partial charge in [0.15, 0.2) is 5.78 Å². The SMILES string of the molecule is CC.CC(C)(C)c1ccc2c(c1)OCCC2=O. The van der Waals surface area contributed by atoms with Gasteiger partial charge in [-0.25, -0.2) is 0 Å². The average molecular weight is 234 g/mol. The first-order valence-electron chi connectivity index (χ1n) is 6.29. The van der Waals surface area contributed by atoms with Gasteiger partial charge >= 0.3 is 0 Å². The summed E-state index contributed by atoms with van der Waals surface area (Å²) < 4.78 is 5.51. The highest BCUT2D eigenvalue weighted by Crippen LogP contribution is 2.31. The fourth-order valence-corrected chi connectivity index (χ4v) is 1.73. The molecule has 1 aromatic rings. The van der Waals surface area contributed by atoms with Gasteiger partial charge < -0.3 is 4.74 Å². The van der Waals surface area contributed by atoms with Crippen LogP contribution in [0.4, 0.5) is 0 Å². The summed E-state index contributed by atoms with van der Waals surface area (Å²) in [5, 5.41) is 0. The molecule has 1 heterocycles. The largest absolute Gasteiger partial charge is 0.492 e. The zero-order valence-corrected chi connectivity index (χ0v) is 11.5. The average Bonchev–Trinajstić information content (AvgIpc) is 2.30. The van der Waals surface area contributed by atoms with Crippen molar-refractivity contribution in [3.05, 3.63) is 29.3 Å². The van der Waals surface area contributed by atoms with Crippen LogP contribution >= 0.6 is 0 Å². The van der Waals surface area contributed by atoms with Crippen LogP contribution in [0.1, 0.15) is 57.0 Å². The van der Waals surface area contributed by atoms with E-state index in [2.05, 4.69) is 20.8 Å². The van der Waals surface area contributed by atoms with Gasteiger partial charge in [0, 0.05) is 6.42 Å². The van der Waals surface area contributed by atoms with E-state index in [1.807, 2.05) is 32.0 Å². The summed E-state index contributed by atoms with van der Waals surface area (Å²) >= 11 is 0. The van der Waals surface area contributed by atoms with Gasteiger partial charge in [0.05, 0.1) is 12.2 Å². The predicted molar refractivity (Wildman–Crippen MR) is 70.9 cm³/mol. The van der Waals surface area contributed by atoms with Gasteiger partial charge in [0.25, 0.3) is 0 Å². The second kappa shape index (κ2) is 5.35. The quantitative estimate of drug-likeness (QED) is 0.678. The smallest absolute Gasteiger partial charge is 0.169 e. The summed E-state index contributed by atoms with van der Waals surface area (Å²) in [7, 11) is 0. The van der Waals surface area contributed by atoms with Crippen LogP contribution in [-0.2, 0) is 5.41 Å². The number of carbonyl (C=O) groups excluding carboxylic acids is 1. The maximum atomic E-state index is 11.6. The normalized spacial score (nSPS) is 14.3. The van der Waals surface area contributed by atoms with Gasteiger partial charge in [0.2, 0.25) is 0 Å². The maximum absolute atomic E-state index is 11.6. The maximum Gasteiger partial charge on any atom is 0.169 e. The highest BCUT2D eigenvalue weighted by atomic mass is 16.5. The summed E-state index contributed by atoms with van der Waals surface area (Å²) in [5.41, 5.74) is 2.03. The van der Waals surface area contributed by atoms with Crippen LogP contribution in [0.25, 0.3) is 0 Å². The molecule has 2 heteroatoms. The van der Waals surface area contributed by atoms with Crippen molar-refractivity contribution < 1.29 is 9.53 Å². The van der Waals surface area contributed by atoms with E-state index in [1.54, 1.807) is 0 Å². The number of ether oxygens (including phenoxy) is 1. The molecular formula is C15H22O2. The van der Waals surface area contributed by atoms with E-state index in [0.29, 0.717) is 13.0 Å². The van der Waals surface area contributed by atoms with Crippen LogP contribution in [0.5, 0.6) is 5.75 Å². The molecule has 1 aromatic carbocycles. The fraction of sp³-hybridized carbons (Fsp3) is 0.533. The first kappa shape index (κ1) is 13.8. The lowest BCUT2D eigenvalue weighted by atomic mass is 9.86. The van der Waals surface area contributed by atoms with E-state index in [1.165, 1.54) is 5.56 Å². The zero-order valence-electron chi connectivity index (χ0n) is 11.5. The third kappa shape index (κ3) is 3.09. The summed E-state index contributed by atoms with van der Waals surface area (Å²) in [6.45, 7) is 11.0. The first-order valence-corrected chi connectivity index (χ1v) is 6.29. The van der Waals surface area contributed by atoms with E-state index in [0.717, 1.165) is 11.3 Å². The molecule has 0 spiro atoms. The summed E-state index contributed by atoms with van der Waals surface area (Å²) in [6.07, 6.45) is 0.502. The van der Waals surface area contributed by atoms with Crippen molar-refractivity contribution in [2.24, 2.45) is 0 Å². The minimum Gasteiger partial charge on any atom is -0.492 e. The number of benzene rings is 1. The highest BCUT2D eigenvalue weighted by molar-refractivity contribution is 5.99. The number of rotatable bonds is 0. The number of Topliss-reactive ketones (excluding diaryl/α,β-unsaturated/α-hetero) is 1. The summed E-state index contributed by atoms with van der Waals surface area (Å²) in [6, 6.07) is 5.90. The van der Waals surface area contributed by atoms with Crippen molar-refractivity contribution >= 4 is 5.78 Å². The Morgan fingerprint density at radius 2 is 1.82 bits per heavy atom. The second-order valence-corrected chi connectivity index (χ2v) is 4.98. The Balaban J connectivity index is 0.000000686.